The summed E-state index contributed by atoms with van der Waals surface area (Å²) in [5.41, 5.74) is 6.10. The molecule has 0 saturated heterocycles. The van der Waals surface area contributed by atoms with Crippen LogP contribution in [0, 0.1) is 0 Å². The second-order valence-electron chi connectivity index (χ2n) is 4.64. The maximum Gasteiger partial charge on any atom is 0.225 e. The summed E-state index contributed by atoms with van der Waals surface area (Å²) < 4.78 is 5.85. The van der Waals surface area contributed by atoms with Gasteiger partial charge >= 0.3 is 0 Å². The predicted octanol–water partition coefficient (Wildman–Crippen LogP) is 2.72. The van der Waals surface area contributed by atoms with E-state index in [-0.39, 0.29) is 18.3 Å². The van der Waals surface area contributed by atoms with Crippen LogP contribution in [0.4, 0.5) is 5.69 Å². The fourth-order valence-electron chi connectivity index (χ4n) is 2.17. The number of benzene rings is 1. The van der Waals surface area contributed by atoms with Crippen molar-refractivity contribution in [2.75, 3.05) is 11.9 Å². The smallest absolute Gasteiger partial charge is 0.225 e. The lowest BCUT2D eigenvalue weighted by molar-refractivity contribution is -0.116. The molecule has 4 nitrogen and oxygen atoms in total. The molecule has 106 valence electrons. The Bertz CT molecular complexity index is 389. The lowest BCUT2D eigenvalue weighted by Gasteiger charge is -2.13. The molecule has 1 amide bonds. The zero-order valence-corrected chi connectivity index (χ0v) is 11.7. The molecule has 1 aromatic carbocycles. The van der Waals surface area contributed by atoms with E-state index in [4.69, 9.17) is 10.5 Å². The number of anilines is 1. The van der Waals surface area contributed by atoms with Gasteiger partial charge in [-0.25, -0.2) is 0 Å². The van der Waals surface area contributed by atoms with Crippen LogP contribution in [0.25, 0.3) is 0 Å². The van der Waals surface area contributed by atoms with Crippen LogP contribution in [0.3, 0.4) is 0 Å². The highest BCUT2D eigenvalue weighted by Gasteiger charge is 2.16. The van der Waals surface area contributed by atoms with Gasteiger partial charge in [0.25, 0.3) is 0 Å². The van der Waals surface area contributed by atoms with Gasteiger partial charge in [0.2, 0.25) is 5.91 Å². The molecule has 0 unspecified atom stereocenters. The number of halogens is 1. The van der Waals surface area contributed by atoms with Crippen molar-refractivity contribution in [1.82, 2.24) is 0 Å². The highest BCUT2D eigenvalue weighted by molar-refractivity contribution is 5.90. The average molecular weight is 285 g/mol. The largest absolute Gasteiger partial charge is 0.490 e. The van der Waals surface area contributed by atoms with Gasteiger partial charge in [-0.05, 0) is 49.9 Å². The Balaban J connectivity index is 0.00000180. The molecule has 3 N–H and O–H groups in total. The molecule has 0 radical (unpaired) electrons. The van der Waals surface area contributed by atoms with Crippen LogP contribution in [0.2, 0.25) is 0 Å². The molecule has 0 atom stereocenters. The van der Waals surface area contributed by atoms with Gasteiger partial charge in [0, 0.05) is 18.7 Å². The van der Waals surface area contributed by atoms with E-state index >= 15 is 0 Å². The van der Waals surface area contributed by atoms with Crippen molar-refractivity contribution in [3.05, 3.63) is 24.3 Å². The van der Waals surface area contributed by atoms with Gasteiger partial charge in [0.05, 0.1) is 6.10 Å². The van der Waals surface area contributed by atoms with Crippen LogP contribution in [-0.4, -0.2) is 18.6 Å². The van der Waals surface area contributed by atoms with Gasteiger partial charge < -0.3 is 15.8 Å². The highest BCUT2D eigenvalue weighted by Crippen LogP contribution is 2.24. The van der Waals surface area contributed by atoms with Crippen molar-refractivity contribution < 1.29 is 9.53 Å². The first-order chi connectivity index (χ1) is 8.78. The highest BCUT2D eigenvalue weighted by atomic mass is 35.5. The molecule has 0 aromatic heterocycles. The van der Waals surface area contributed by atoms with E-state index in [9.17, 15) is 4.79 Å². The molecule has 1 aliphatic rings. The van der Waals surface area contributed by atoms with E-state index in [0.29, 0.717) is 19.1 Å². The van der Waals surface area contributed by atoms with E-state index in [2.05, 4.69) is 5.32 Å². The summed E-state index contributed by atoms with van der Waals surface area (Å²) in [5, 5.41) is 2.79. The van der Waals surface area contributed by atoms with Crippen molar-refractivity contribution in [3.63, 3.8) is 0 Å². The summed E-state index contributed by atoms with van der Waals surface area (Å²) in [6.07, 6.45) is 5.53. The van der Waals surface area contributed by atoms with Gasteiger partial charge in [-0.15, -0.1) is 12.4 Å². The molecule has 1 fully saturated rings. The SMILES string of the molecule is Cl.NCCC(=O)Nc1ccc(OC2CCCC2)cc1. The Labute approximate surface area is 120 Å². The van der Waals surface area contributed by atoms with Crippen LogP contribution in [0.1, 0.15) is 32.1 Å². The standard InChI is InChI=1S/C14H20N2O2.ClH/c15-10-9-14(17)16-11-5-7-13(8-6-11)18-12-3-1-2-4-12;/h5-8,12H,1-4,9-10,15H2,(H,16,17);1H. The molecule has 0 spiro atoms. The zero-order chi connectivity index (χ0) is 12.8. The van der Waals surface area contributed by atoms with Crippen LogP contribution in [0.5, 0.6) is 5.75 Å². The molecule has 0 heterocycles. The summed E-state index contributed by atoms with van der Waals surface area (Å²) in [6, 6.07) is 7.52. The monoisotopic (exact) mass is 284 g/mol. The topological polar surface area (TPSA) is 64.4 Å². The number of carbonyl (C=O) groups is 1. The Kier molecular flexibility index (Phi) is 6.67. The molecule has 5 heteroatoms. The summed E-state index contributed by atoms with van der Waals surface area (Å²) in [7, 11) is 0. The third kappa shape index (κ3) is 5.09. The first kappa shape index (κ1) is 15.8. The molecule has 1 aromatic rings. The lowest BCUT2D eigenvalue weighted by atomic mass is 10.2. The number of ether oxygens (including phenoxy) is 1. The van der Waals surface area contributed by atoms with Crippen molar-refractivity contribution in [2.24, 2.45) is 5.73 Å². The van der Waals surface area contributed by atoms with Gasteiger partial charge in [0.1, 0.15) is 5.75 Å². The minimum atomic E-state index is -0.0537. The van der Waals surface area contributed by atoms with Gasteiger partial charge in [-0.2, -0.15) is 0 Å². The van der Waals surface area contributed by atoms with Crippen molar-refractivity contribution >= 4 is 24.0 Å². The van der Waals surface area contributed by atoms with Crippen molar-refractivity contribution in [3.8, 4) is 5.75 Å². The molecular weight excluding hydrogens is 264 g/mol. The first-order valence-corrected chi connectivity index (χ1v) is 6.54. The van der Waals surface area contributed by atoms with Crippen LogP contribution in [-0.2, 0) is 4.79 Å². The van der Waals surface area contributed by atoms with Crippen LogP contribution >= 0.6 is 12.4 Å². The summed E-state index contributed by atoms with van der Waals surface area (Å²) in [4.78, 5) is 11.4. The maximum atomic E-state index is 11.4. The van der Waals surface area contributed by atoms with Gasteiger partial charge in [-0.3, -0.25) is 4.79 Å². The summed E-state index contributed by atoms with van der Waals surface area (Å²) >= 11 is 0. The van der Waals surface area contributed by atoms with E-state index < -0.39 is 0 Å². The number of nitrogens with two attached hydrogens (primary N) is 1. The number of hydrogen-bond acceptors (Lipinski definition) is 3. The van der Waals surface area contributed by atoms with Gasteiger partial charge in [-0.1, -0.05) is 0 Å². The third-order valence-electron chi connectivity index (χ3n) is 3.11. The quantitative estimate of drug-likeness (QED) is 0.874. The number of carbonyl (C=O) groups excluding carboxylic acids is 1. The Morgan fingerprint density at radius 3 is 2.47 bits per heavy atom. The average Bonchev–Trinajstić information content (AvgIpc) is 2.85. The number of hydrogen-bond donors (Lipinski definition) is 2. The lowest BCUT2D eigenvalue weighted by Crippen LogP contribution is -2.16. The van der Waals surface area contributed by atoms with Crippen LogP contribution in [0.15, 0.2) is 24.3 Å². The minimum absolute atomic E-state index is 0. The van der Waals surface area contributed by atoms with E-state index in [1.165, 1.54) is 12.8 Å². The van der Waals surface area contributed by atoms with Crippen molar-refractivity contribution in [1.29, 1.82) is 0 Å². The maximum absolute atomic E-state index is 11.4. The normalized spacial score (nSPS) is 14.8. The van der Waals surface area contributed by atoms with E-state index in [0.717, 1.165) is 24.3 Å². The molecule has 19 heavy (non-hydrogen) atoms. The second-order valence-corrected chi connectivity index (χ2v) is 4.64. The van der Waals surface area contributed by atoms with Crippen molar-refractivity contribution in [2.45, 2.75) is 38.2 Å². The molecule has 1 aliphatic carbocycles. The van der Waals surface area contributed by atoms with E-state index in [1.807, 2.05) is 24.3 Å². The zero-order valence-electron chi connectivity index (χ0n) is 10.9. The molecular formula is C14H21ClN2O2. The number of rotatable bonds is 5. The first-order valence-electron chi connectivity index (χ1n) is 6.54. The Morgan fingerprint density at radius 1 is 1.26 bits per heavy atom. The molecule has 1 saturated carbocycles. The summed E-state index contributed by atoms with van der Waals surface area (Å²) in [6.45, 7) is 0.370. The fourth-order valence-corrected chi connectivity index (χ4v) is 2.17. The summed E-state index contributed by atoms with van der Waals surface area (Å²) in [5.74, 6) is 0.820. The molecule has 0 aliphatic heterocycles. The molecule has 2 rings (SSSR count). The number of amides is 1. The fraction of sp³-hybridized carbons (Fsp3) is 0.500. The van der Waals surface area contributed by atoms with Gasteiger partial charge in [0.15, 0.2) is 0 Å². The third-order valence-corrected chi connectivity index (χ3v) is 3.11. The second kappa shape index (κ2) is 8.02. The Hall–Kier alpha value is -1.26. The number of nitrogens with one attached hydrogen (secondary N) is 1. The predicted molar refractivity (Wildman–Crippen MR) is 78.9 cm³/mol. The Morgan fingerprint density at radius 2 is 1.89 bits per heavy atom. The van der Waals surface area contributed by atoms with E-state index in [1.54, 1.807) is 0 Å². The molecule has 0 bridgehead atoms. The van der Waals surface area contributed by atoms with Crippen LogP contribution < -0.4 is 15.8 Å². The minimum Gasteiger partial charge on any atom is -0.490 e.